The molecule has 1 aromatic rings. The highest BCUT2D eigenvalue weighted by Crippen LogP contribution is 2.55. The molecule has 4 saturated carbocycles. The maximum absolute atomic E-state index is 12.9. The zero-order valence-electron chi connectivity index (χ0n) is 20.0. The van der Waals surface area contributed by atoms with E-state index in [1.807, 2.05) is 6.92 Å². The molecule has 1 aromatic carbocycles. The van der Waals surface area contributed by atoms with Crippen molar-refractivity contribution < 1.29 is 18.0 Å². The largest absolute Gasteiger partial charge is 0.340 e. The summed E-state index contributed by atoms with van der Waals surface area (Å²) in [5.74, 6) is 2.24. The predicted octanol–water partition coefficient (Wildman–Crippen LogP) is 2.49. The van der Waals surface area contributed by atoms with Crippen molar-refractivity contribution in [2.24, 2.45) is 17.8 Å². The normalized spacial score (nSPS) is 30.9. The van der Waals surface area contributed by atoms with Gasteiger partial charge in [-0.3, -0.25) is 4.79 Å². The molecule has 0 atom stereocenters. The molecule has 34 heavy (non-hydrogen) atoms. The fraction of sp³-hybridized carbons (Fsp3) is 0.680. The lowest BCUT2D eigenvalue weighted by atomic mass is 9.53. The highest BCUT2D eigenvalue weighted by atomic mass is 32.2. The first-order chi connectivity index (χ1) is 16.2. The molecule has 0 aromatic heterocycles. The highest BCUT2D eigenvalue weighted by Gasteiger charge is 2.51. The van der Waals surface area contributed by atoms with Gasteiger partial charge in [0, 0.05) is 44.7 Å². The van der Waals surface area contributed by atoms with Gasteiger partial charge in [0.05, 0.1) is 4.90 Å². The molecule has 4 aliphatic carbocycles. The van der Waals surface area contributed by atoms with Gasteiger partial charge in [-0.1, -0.05) is 17.7 Å². The zero-order valence-corrected chi connectivity index (χ0v) is 20.8. The Morgan fingerprint density at radius 1 is 0.941 bits per heavy atom. The van der Waals surface area contributed by atoms with E-state index in [-0.39, 0.29) is 41.9 Å². The number of sulfonamides is 1. The second-order valence-electron chi connectivity index (χ2n) is 10.9. The summed E-state index contributed by atoms with van der Waals surface area (Å²) in [5.41, 5.74) is 0.969. The van der Waals surface area contributed by atoms with Crippen molar-refractivity contribution in [2.45, 2.75) is 62.3 Å². The van der Waals surface area contributed by atoms with Gasteiger partial charge >= 0.3 is 6.03 Å². The first-order valence-corrected chi connectivity index (χ1v) is 14.1. The summed E-state index contributed by atoms with van der Waals surface area (Å²) < 4.78 is 27.1. The van der Waals surface area contributed by atoms with Crippen LogP contribution in [0.25, 0.3) is 0 Å². The Hall–Kier alpha value is -2.13. The number of urea groups is 1. The number of aryl methyl sites for hydroxylation is 1. The molecule has 3 amide bonds. The quantitative estimate of drug-likeness (QED) is 0.643. The van der Waals surface area contributed by atoms with E-state index in [0.717, 1.165) is 42.6 Å². The number of nitrogens with zero attached hydrogens (tertiary/aromatic N) is 2. The topological polar surface area (TPSA) is 98.8 Å². The Balaban J connectivity index is 1.05. The predicted molar refractivity (Wildman–Crippen MR) is 129 cm³/mol. The average molecular weight is 489 g/mol. The van der Waals surface area contributed by atoms with E-state index in [1.165, 1.54) is 23.6 Å². The van der Waals surface area contributed by atoms with E-state index in [0.29, 0.717) is 19.6 Å². The van der Waals surface area contributed by atoms with E-state index in [2.05, 4.69) is 10.6 Å². The second kappa shape index (κ2) is 9.15. The number of carbonyl (C=O) groups excluding carboxylic acids is 2. The van der Waals surface area contributed by atoms with Crippen molar-refractivity contribution in [3.05, 3.63) is 29.8 Å². The van der Waals surface area contributed by atoms with Crippen molar-refractivity contribution in [1.29, 1.82) is 0 Å². The van der Waals surface area contributed by atoms with Crippen LogP contribution in [0.4, 0.5) is 4.79 Å². The maximum Gasteiger partial charge on any atom is 0.315 e. The van der Waals surface area contributed by atoms with Crippen LogP contribution in [-0.4, -0.2) is 67.8 Å². The van der Waals surface area contributed by atoms with E-state index >= 15 is 0 Å². The van der Waals surface area contributed by atoms with Gasteiger partial charge < -0.3 is 15.5 Å². The van der Waals surface area contributed by atoms with Gasteiger partial charge in [0.15, 0.2) is 0 Å². The summed E-state index contributed by atoms with van der Waals surface area (Å²) in [4.78, 5) is 27.2. The molecule has 186 valence electrons. The van der Waals surface area contributed by atoms with Gasteiger partial charge in [0.2, 0.25) is 15.9 Å². The van der Waals surface area contributed by atoms with Crippen molar-refractivity contribution >= 4 is 22.0 Å². The summed E-state index contributed by atoms with van der Waals surface area (Å²) in [6.45, 7) is 3.50. The molecule has 1 heterocycles. The second-order valence-corrected chi connectivity index (χ2v) is 12.9. The fourth-order valence-electron chi connectivity index (χ4n) is 7.03. The monoisotopic (exact) mass is 488 g/mol. The molecule has 1 aliphatic heterocycles. The summed E-state index contributed by atoms with van der Waals surface area (Å²) in [5, 5.41) is 6.15. The number of rotatable bonds is 6. The lowest BCUT2D eigenvalue weighted by Crippen LogP contribution is -2.61. The van der Waals surface area contributed by atoms with E-state index in [4.69, 9.17) is 0 Å². The molecular weight excluding hydrogens is 452 g/mol. The zero-order chi connectivity index (χ0) is 23.9. The van der Waals surface area contributed by atoms with Crippen LogP contribution >= 0.6 is 0 Å². The molecular formula is C25H36N4O4S. The molecule has 8 nitrogen and oxygen atoms in total. The number of amides is 3. The number of piperazine rings is 1. The third-order valence-electron chi connectivity index (χ3n) is 8.29. The molecule has 4 bridgehead atoms. The summed E-state index contributed by atoms with van der Waals surface area (Å²) in [6, 6.07) is 6.67. The van der Waals surface area contributed by atoms with E-state index in [1.54, 1.807) is 29.2 Å². The number of hydrogen-bond acceptors (Lipinski definition) is 4. The van der Waals surface area contributed by atoms with Crippen molar-refractivity contribution in [3.63, 3.8) is 0 Å². The third kappa shape index (κ3) is 4.82. The van der Waals surface area contributed by atoms with Gasteiger partial charge in [-0.25, -0.2) is 13.2 Å². The summed E-state index contributed by atoms with van der Waals surface area (Å²) in [6.07, 6.45) is 7.51. The first-order valence-electron chi connectivity index (χ1n) is 12.6. The minimum atomic E-state index is -3.55. The van der Waals surface area contributed by atoms with Crippen LogP contribution < -0.4 is 10.6 Å². The molecule has 0 radical (unpaired) electrons. The Morgan fingerprint density at radius 3 is 2.06 bits per heavy atom. The lowest BCUT2D eigenvalue weighted by Gasteiger charge is -2.56. The van der Waals surface area contributed by atoms with Gasteiger partial charge in [-0.15, -0.1) is 0 Å². The smallest absolute Gasteiger partial charge is 0.315 e. The molecule has 2 N–H and O–H groups in total. The minimum Gasteiger partial charge on any atom is -0.340 e. The number of benzene rings is 1. The molecule has 1 saturated heterocycles. The van der Waals surface area contributed by atoms with Crippen LogP contribution in [0.2, 0.25) is 0 Å². The summed E-state index contributed by atoms with van der Waals surface area (Å²) in [7, 11) is -3.55. The van der Waals surface area contributed by atoms with Crippen LogP contribution in [-0.2, 0) is 14.8 Å². The Labute approximate surface area is 202 Å². The summed E-state index contributed by atoms with van der Waals surface area (Å²) >= 11 is 0. The van der Waals surface area contributed by atoms with E-state index in [9.17, 15) is 18.0 Å². The first kappa shape index (κ1) is 23.6. The highest BCUT2D eigenvalue weighted by molar-refractivity contribution is 7.89. The minimum absolute atomic E-state index is 0.0396. The fourth-order valence-corrected chi connectivity index (χ4v) is 8.45. The average Bonchev–Trinajstić information content (AvgIpc) is 2.78. The van der Waals surface area contributed by atoms with Crippen LogP contribution in [0.3, 0.4) is 0 Å². The number of carbonyl (C=O) groups is 2. The standard InChI is InChI=1S/C25H36N4O4S/c1-18-2-4-22(5-3-18)34(32,33)29-10-8-28(9-11-29)23(30)6-7-26-24(31)27-25-15-19-12-20(16-25)14-21(13-19)17-25/h2-5,19-21H,6-17H2,1H3,(H2,26,27,31). The van der Waals surface area contributed by atoms with Crippen LogP contribution in [0.5, 0.6) is 0 Å². The Kier molecular flexibility index (Phi) is 6.35. The molecule has 0 unspecified atom stereocenters. The van der Waals surface area contributed by atoms with Crippen molar-refractivity contribution in [3.8, 4) is 0 Å². The number of nitrogens with one attached hydrogen (secondary N) is 2. The molecule has 6 rings (SSSR count). The Morgan fingerprint density at radius 2 is 1.50 bits per heavy atom. The third-order valence-corrected chi connectivity index (χ3v) is 10.2. The molecule has 5 fully saturated rings. The number of hydrogen-bond donors (Lipinski definition) is 2. The van der Waals surface area contributed by atoms with E-state index < -0.39 is 10.0 Å². The van der Waals surface area contributed by atoms with Crippen LogP contribution in [0.1, 0.15) is 50.5 Å². The molecule has 0 spiro atoms. The molecule has 5 aliphatic rings. The van der Waals surface area contributed by atoms with Crippen molar-refractivity contribution in [1.82, 2.24) is 19.8 Å². The van der Waals surface area contributed by atoms with Gasteiger partial charge in [0.1, 0.15) is 0 Å². The van der Waals surface area contributed by atoms with Crippen LogP contribution in [0.15, 0.2) is 29.2 Å². The van der Waals surface area contributed by atoms with Crippen LogP contribution in [0, 0.1) is 24.7 Å². The Bertz CT molecular complexity index is 996. The maximum atomic E-state index is 12.9. The SMILES string of the molecule is Cc1ccc(S(=O)(=O)N2CCN(C(=O)CCNC(=O)NC34CC5CC(CC(C5)C3)C4)CC2)cc1. The lowest BCUT2D eigenvalue weighted by molar-refractivity contribution is -0.132. The van der Waals surface area contributed by atoms with Gasteiger partial charge in [-0.05, 0) is 75.3 Å². The van der Waals surface area contributed by atoms with Gasteiger partial charge in [0.25, 0.3) is 0 Å². The van der Waals surface area contributed by atoms with Crippen molar-refractivity contribution in [2.75, 3.05) is 32.7 Å². The molecule has 9 heteroatoms. The van der Waals surface area contributed by atoms with Gasteiger partial charge in [-0.2, -0.15) is 4.31 Å².